The number of primary amides is 1. The van der Waals surface area contributed by atoms with Crippen molar-refractivity contribution in [1.29, 1.82) is 0 Å². The Balaban J connectivity index is 2.47. The molecule has 0 saturated heterocycles. The van der Waals surface area contributed by atoms with Crippen molar-refractivity contribution in [3.05, 3.63) is 58.4 Å². The quantitative estimate of drug-likeness (QED) is 0.776. The number of sulfonamides is 1. The molecule has 0 heterocycles. The summed E-state index contributed by atoms with van der Waals surface area (Å²) in [6.45, 7) is 0. The number of benzene rings is 2. The lowest BCUT2D eigenvalue weighted by Gasteiger charge is -2.13. The molecule has 5 nitrogen and oxygen atoms in total. The predicted molar refractivity (Wildman–Crippen MR) is 82.2 cm³/mol. The highest BCUT2D eigenvalue weighted by Crippen LogP contribution is 2.33. The summed E-state index contributed by atoms with van der Waals surface area (Å²) in [4.78, 5) is 10.3. The molecule has 0 atom stereocenters. The van der Waals surface area contributed by atoms with Crippen LogP contribution in [0.25, 0.3) is 0 Å². The summed E-state index contributed by atoms with van der Waals surface area (Å²) >= 11 is 5.80. The first kappa shape index (κ1) is 19.0. The Morgan fingerprint density at radius 2 is 1.76 bits per heavy atom. The number of alkyl halides is 3. The van der Waals surface area contributed by atoms with Gasteiger partial charge in [-0.05, 0) is 36.4 Å². The molecule has 11 heteroatoms. The predicted octanol–water partition coefficient (Wildman–Crippen LogP) is 3.40. The van der Waals surface area contributed by atoms with E-state index < -0.39 is 38.4 Å². The molecule has 134 valence electrons. The van der Waals surface area contributed by atoms with Crippen molar-refractivity contribution in [3.63, 3.8) is 0 Å². The lowest BCUT2D eigenvalue weighted by atomic mass is 10.2. The molecule has 0 saturated carbocycles. The third-order valence-electron chi connectivity index (χ3n) is 3.05. The van der Waals surface area contributed by atoms with Crippen LogP contribution in [-0.4, -0.2) is 14.3 Å². The SMILES string of the molecule is NC(=O)c1ccc(Cl)c(NS(=O)(=O)c2ccc(F)c(C(F)(F)F)c2)c1. The van der Waals surface area contributed by atoms with E-state index in [1.165, 1.54) is 12.1 Å². The Labute approximate surface area is 144 Å². The number of anilines is 1. The fourth-order valence-electron chi connectivity index (χ4n) is 1.85. The number of amides is 1. The van der Waals surface area contributed by atoms with E-state index in [4.69, 9.17) is 17.3 Å². The summed E-state index contributed by atoms with van der Waals surface area (Å²) in [6, 6.07) is 4.66. The second kappa shape index (κ2) is 6.52. The molecule has 0 aliphatic carbocycles. The van der Waals surface area contributed by atoms with Gasteiger partial charge in [-0.3, -0.25) is 9.52 Å². The Bertz CT molecular complexity index is 946. The highest BCUT2D eigenvalue weighted by molar-refractivity contribution is 7.92. The highest BCUT2D eigenvalue weighted by Gasteiger charge is 2.35. The van der Waals surface area contributed by atoms with E-state index in [1.54, 1.807) is 0 Å². The van der Waals surface area contributed by atoms with Gasteiger partial charge in [0.1, 0.15) is 5.82 Å². The minimum Gasteiger partial charge on any atom is -0.366 e. The van der Waals surface area contributed by atoms with E-state index in [2.05, 4.69) is 0 Å². The molecule has 0 radical (unpaired) electrons. The molecular weight excluding hydrogens is 388 g/mol. The lowest BCUT2D eigenvalue weighted by molar-refractivity contribution is -0.140. The average Bonchev–Trinajstić information content (AvgIpc) is 2.48. The van der Waals surface area contributed by atoms with Crippen molar-refractivity contribution in [2.45, 2.75) is 11.1 Å². The summed E-state index contributed by atoms with van der Waals surface area (Å²) in [6.07, 6.45) is -5.07. The molecule has 0 spiro atoms. The zero-order valence-corrected chi connectivity index (χ0v) is 13.6. The van der Waals surface area contributed by atoms with Gasteiger partial charge in [-0.15, -0.1) is 0 Å². The van der Waals surface area contributed by atoms with E-state index in [9.17, 15) is 30.8 Å². The van der Waals surface area contributed by atoms with E-state index >= 15 is 0 Å². The topological polar surface area (TPSA) is 89.3 Å². The second-order valence-electron chi connectivity index (χ2n) is 4.80. The fourth-order valence-corrected chi connectivity index (χ4v) is 3.17. The summed E-state index contributed by atoms with van der Waals surface area (Å²) in [7, 11) is -4.53. The largest absolute Gasteiger partial charge is 0.419 e. The Hall–Kier alpha value is -2.33. The molecule has 0 aliphatic heterocycles. The van der Waals surface area contributed by atoms with E-state index in [0.717, 1.165) is 6.07 Å². The van der Waals surface area contributed by atoms with Crippen LogP contribution >= 0.6 is 11.6 Å². The van der Waals surface area contributed by atoms with Gasteiger partial charge >= 0.3 is 6.18 Å². The minimum atomic E-state index is -5.07. The number of hydrogen-bond acceptors (Lipinski definition) is 3. The molecule has 0 aromatic heterocycles. The van der Waals surface area contributed by atoms with Gasteiger partial charge in [0.15, 0.2) is 0 Å². The third-order valence-corrected chi connectivity index (χ3v) is 4.74. The molecule has 0 unspecified atom stereocenters. The van der Waals surface area contributed by atoms with Crippen LogP contribution in [0.1, 0.15) is 15.9 Å². The molecule has 1 amide bonds. The number of carbonyl (C=O) groups is 1. The zero-order valence-electron chi connectivity index (χ0n) is 12.1. The average molecular weight is 397 g/mol. The van der Waals surface area contributed by atoms with Gasteiger partial charge < -0.3 is 5.73 Å². The van der Waals surface area contributed by atoms with Gasteiger partial charge in [-0.25, -0.2) is 12.8 Å². The van der Waals surface area contributed by atoms with Crippen LogP contribution in [0, 0.1) is 5.82 Å². The van der Waals surface area contributed by atoms with Crippen molar-refractivity contribution in [2.75, 3.05) is 4.72 Å². The van der Waals surface area contributed by atoms with Crippen LogP contribution < -0.4 is 10.5 Å². The maximum atomic E-state index is 13.3. The van der Waals surface area contributed by atoms with Crippen LogP contribution in [0.2, 0.25) is 5.02 Å². The number of nitrogens with one attached hydrogen (secondary N) is 1. The first-order valence-corrected chi connectivity index (χ1v) is 8.27. The first-order chi connectivity index (χ1) is 11.4. The first-order valence-electron chi connectivity index (χ1n) is 6.41. The Morgan fingerprint density at radius 1 is 1.12 bits per heavy atom. The summed E-state index contributed by atoms with van der Waals surface area (Å²) in [5.74, 6) is -2.47. The summed E-state index contributed by atoms with van der Waals surface area (Å²) in [5, 5.41) is -0.119. The number of hydrogen-bond donors (Lipinski definition) is 2. The van der Waals surface area contributed by atoms with Gasteiger partial charge in [0.2, 0.25) is 5.91 Å². The van der Waals surface area contributed by atoms with Crippen LogP contribution in [-0.2, 0) is 16.2 Å². The van der Waals surface area contributed by atoms with Gasteiger partial charge in [0.25, 0.3) is 10.0 Å². The molecule has 3 N–H and O–H groups in total. The minimum absolute atomic E-state index is 0.0720. The van der Waals surface area contributed by atoms with Crippen molar-refractivity contribution < 1.29 is 30.8 Å². The van der Waals surface area contributed by atoms with E-state index in [0.29, 0.717) is 12.1 Å². The fraction of sp³-hybridized carbons (Fsp3) is 0.0714. The van der Waals surface area contributed by atoms with Crippen LogP contribution in [0.3, 0.4) is 0 Å². The van der Waals surface area contributed by atoms with Crippen molar-refractivity contribution in [3.8, 4) is 0 Å². The molecule has 0 aliphatic rings. The smallest absolute Gasteiger partial charge is 0.366 e. The molecule has 2 rings (SSSR count). The molecular formula is C14H9ClF4N2O3S. The number of carbonyl (C=O) groups excluding carboxylic acids is 1. The maximum absolute atomic E-state index is 13.3. The molecule has 0 bridgehead atoms. The van der Waals surface area contributed by atoms with Gasteiger partial charge in [0.05, 0.1) is 21.2 Å². The maximum Gasteiger partial charge on any atom is 0.419 e. The van der Waals surface area contributed by atoms with Crippen LogP contribution in [0.4, 0.5) is 23.2 Å². The highest BCUT2D eigenvalue weighted by atomic mass is 35.5. The van der Waals surface area contributed by atoms with Crippen LogP contribution in [0.15, 0.2) is 41.3 Å². The molecule has 25 heavy (non-hydrogen) atoms. The lowest BCUT2D eigenvalue weighted by Crippen LogP contribution is -2.17. The Kier molecular flexibility index (Phi) is 4.96. The van der Waals surface area contributed by atoms with E-state index in [-0.39, 0.29) is 22.3 Å². The standard InChI is InChI=1S/C14H9ClF4N2O3S/c15-10-3-1-7(13(20)22)5-12(10)21-25(23,24)8-2-4-11(16)9(6-8)14(17,18)19/h1-6,21H,(H2,20,22). The van der Waals surface area contributed by atoms with Crippen molar-refractivity contribution in [2.24, 2.45) is 5.73 Å². The van der Waals surface area contributed by atoms with Gasteiger partial charge in [-0.1, -0.05) is 11.6 Å². The second-order valence-corrected chi connectivity index (χ2v) is 6.89. The van der Waals surface area contributed by atoms with E-state index in [1.807, 2.05) is 4.72 Å². The number of nitrogens with two attached hydrogens (primary N) is 1. The van der Waals surface area contributed by atoms with Crippen LogP contribution in [0.5, 0.6) is 0 Å². The number of rotatable bonds is 4. The normalized spacial score (nSPS) is 12.0. The molecule has 2 aromatic carbocycles. The van der Waals surface area contributed by atoms with Gasteiger partial charge in [0, 0.05) is 5.56 Å². The summed E-state index contributed by atoms with van der Waals surface area (Å²) in [5.41, 5.74) is 3.00. The van der Waals surface area contributed by atoms with Crippen molar-refractivity contribution in [1.82, 2.24) is 0 Å². The molecule has 2 aromatic rings. The van der Waals surface area contributed by atoms with Gasteiger partial charge in [-0.2, -0.15) is 13.2 Å². The molecule has 0 fully saturated rings. The Morgan fingerprint density at radius 3 is 2.32 bits per heavy atom. The third kappa shape index (κ3) is 4.20. The van der Waals surface area contributed by atoms with Crippen molar-refractivity contribution >= 4 is 33.2 Å². The summed E-state index contributed by atoms with van der Waals surface area (Å²) < 4.78 is 77.9. The number of halogens is 5. The zero-order chi connectivity index (χ0) is 19.0. The monoisotopic (exact) mass is 396 g/mol.